The number of rotatable bonds is 2. The van der Waals surface area contributed by atoms with Gasteiger partial charge in [-0.05, 0) is 123 Å². The average Bonchev–Trinajstić information content (AvgIpc) is 3.36. The monoisotopic (exact) mass is 596 g/mol. The smallest absolute Gasteiger partial charge is 0.0159 e. The fourth-order valence-electron chi connectivity index (χ4n) is 8.31. The van der Waals surface area contributed by atoms with Gasteiger partial charge in [0.05, 0.1) is 0 Å². The van der Waals surface area contributed by atoms with E-state index in [0.717, 1.165) is 0 Å². The second-order valence-electron chi connectivity index (χ2n) is 13.8. The Morgan fingerprint density at radius 1 is 0.298 bits per heavy atom. The fraction of sp³-hybridized carbons (Fsp3) is 0.0638. The lowest BCUT2D eigenvalue weighted by molar-refractivity contribution is 0.660. The summed E-state index contributed by atoms with van der Waals surface area (Å²) in [6, 6.07) is 59.0. The first-order valence-electron chi connectivity index (χ1n) is 16.6. The van der Waals surface area contributed by atoms with Crippen LogP contribution in [0.15, 0.2) is 158 Å². The van der Waals surface area contributed by atoms with Gasteiger partial charge in [-0.25, -0.2) is 0 Å². The van der Waals surface area contributed by atoms with Crippen LogP contribution in [-0.4, -0.2) is 0 Å². The SMILES string of the molecule is CC1(C)c2ccccc2-c2ccc(-c3ccc4c(ccc5cc(-c6ccc7ccc8c9ccccc9ccc8c7c6)ccc54)c3)cc21. The molecule has 10 rings (SSSR count). The van der Waals surface area contributed by atoms with Gasteiger partial charge in [-0.3, -0.25) is 0 Å². The summed E-state index contributed by atoms with van der Waals surface area (Å²) in [7, 11) is 0. The molecule has 0 aromatic heterocycles. The number of hydrogen-bond acceptors (Lipinski definition) is 0. The Labute approximate surface area is 274 Å². The normalized spacial score (nSPS) is 13.5. The molecule has 47 heavy (non-hydrogen) atoms. The molecule has 0 aliphatic heterocycles. The summed E-state index contributed by atoms with van der Waals surface area (Å²) in [5.41, 5.74) is 10.6. The highest BCUT2D eigenvalue weighted by Crippen LogP contribution is 2.49. The summed E-state index contributed by atoms with van der Waals surface area (Å²) >= 11 is 0. The van der Waals surface area contributed by atoms with E-state index >= 15 is 0 Å². The highest BCUT2D eigenvalue weighted by Gasteiger charge is 2.35. The van der Waals surface area contributed by atoms with E-state index in [0.29, 0.717) is 0 Å². The maximum Gasteiger partial charge on any atom is 0.0159 e. The first-order valence-corrected chi connectivity index (χ1v) is 16.6. The largest absolute Gasteiger partial charge is 0.0619 e. The van der Waals surface area contributed by atoms with Gasteiger partial charge in [-0.2, -0.15) is 0 Å². The highest BCUT2D eigenvalue weighted by atomic mass is 14.4. The Hall–Kier alpha value is -5.72. The topological polar surface area (TPSA) is 0 Å². The molecule has 0 N–H and O–H groups in total. The summed E-state index contributed by atoms with van der Waals surface area (Å²) in [5.74, 6) is 0. The second-order valence-corrected chi connectivity index (χ2v) is 13.8. The van der Waals surface area contributed by atoms with E-state index in [1.165, 1.54) is 98.4 Å². The predicted octanol–water partition coefficient (Wildman–Crippen LogP) is 13.1. The maximum atomic E-state index is 2.42. The molecule has 1 aliphatic carbocycles. The van der Waals surface area contributed by atoms with Gasteiger partial charge in [0, 0.05) is 5.41 Å². The Bertz CT molecular complexity index is 2760. The Balaban J connectivity index is 1.04. The minimum Gasteiger partial charge on any atom is -0.0619 e. The average molecular weight is 597 g/mol. The van der Waals surface area contributed by atoms with Crippen molar-refractivity contribution in [3.8, 4) is 33.4 Å². The standard InChI is InChI=1S/C47H32/c1-47(2)45-10-6-5-9-42(45)43-24-19-34(28-46(43)47)32-18-21-39-36(26-32)14-13-35-25-31(17-20-38(35)39)33-12-11-30-16-22-40-37-8-4-3-7-29(37)15-23-41(40)44(30)27-33/h3-28H,1-2H3. The molecule has 0 atom stereocenters. The van der Waals surface area contributed by atoms with Gasteiger partial charge in [0.2, 0.25) is 0 Å². The summed E-state index contributed by atoms with van der Waals surface area (Å²) in [4.78, 5) is 0. The Morgan fingerprint density at radius 2 is 0.766 bits per heavy atom. The van der Waals surface area contributed by atoms with Crippen LogP contribution in [0.4, 0.5) is 0 Å². The molecule has 0 unspecified atom stereocenters. The molecule has 0 saturated carbocycles. The van der Waals surface area contributed by atoms with Crippen molar-refractivity contribution in [2.45, 2.75) is 19.3 Å². The zero-order chi connectivity index (χ0) is 31.3. The fourth-order valence-corrected chi connectivity index (χ4v) is 8.31. The van der Waals surface area contributed by atoms with Crippen molar-refractivity contribution in [1.82, 2.24) is 0 Å². The molecule has 0 spiro atoms. The molecule has 0 amide bonds. The predicted molar refractivity (Wildman–Crippen MR) is 202 cm³/mol. The molecule has 220 valence electrons. The van der Waals surface area contributed by atoms with Gasteiger partial charge < -0.3 is 0 Å². The van der Waals surface area contributed by atoms with Crippen LogP contribution in [0.3, 0.4) is 0 Å². The van der Waals surface area contributed by atoms with Gasteiger partial charge in [0.1, 0.15) is 0 Å². The highest BCUT2D eigenvalue weighted by molar-refractivity contribution is 6.18. The summed E-state index contributed by atoms with van der Waals surface area (Å²) in [6.07, 6.45) is 0. The van der Waals surface area contributed by atoms with Gasteiger partial charge in [-0.1, -0.05) is 147 Å². The van der Waals surface area contributed by atoms with E-state index in [-0.39, 0.29) is 5.41 Å². The van der Waals surface area contributed by atoms with Crippen molar-refractivity contribution in [3.05, 3.63) is 169 Å². The van der Waals surface area contributed by atoms with E-state index in [2.05, 4.69) is 172 Å². The molecule has 0 bridgehead atoms. The maximum absolute atomic E-state index is 2.42. The van der Waals surface area contributed by atoms with Crippen LogP contribution in [0.5, 0.6) is 0 Å². The van der Waals surface area contributed by atoms with E-state index in [1.54, 1.807) is 0 Å². The van der Waals surface area contributed by atoms with E-state index in [4.69, 9.17) is 0 Å². The molecule has 0 radical (unpaired) electrons. The van der Waals surface area contributed by atoms with Gasteiger partial charge in [0.15, 0.2) is 0 Å². The van der Waals surface area contributed by atoms with Crippen molar-refractivity contribution in [1.29, 1.82) is 0 Å². The first-order chi connectivity index (χ1) is 23.0. The lowest BCUT2D eigenvalue weighted by Gasteiger charge is -2.22. The lowest BCUT2D eigenvalue weighted by Crippen LogP contribution is -2.14. The summed E-state index contributed by atoms with van der Waals surface area (Å²) in [6.45, 7) is 4.70. The van der Waals surface area contributed by atoms with Crippen LogP contribution in [-0.2, 0) is 5.41 Å². The molecule has 9 aromatic carbocycles. The van der Waals surface area contributed by atoms with Crippen LogP contribution in [0.1, 0.15) is 25.0 Å². The van der Waals surface area contributed by atoms with Crippen LogP contribution in [0.2, 0.25) is 0 Å². The molecule has 0 heterocycles. The van der Waals surface area contributed by atoms with Crippen molar-refractivity contribution in [2.75, 3.05) is 0 Å². The molecular formula is C47H32. The van der Waals surface area contributed by atoms with Crippen molar-refractivity contribution in [3.63, 3.8) is 0 Å². The molecule has 0 fully saturated rings. The van der Waals surface area contributed by atoms with Gasteiger partial charge in [-0.15, -0.1) is 0 Å². The lowest BCUT2D eigenvalue weighted by atomic mass is 9.81. The number of fused-ring (bicyclic) bond motifs is 11. The molecule has 0 heteroatoms. The second kappa shape index (κ2) is 9.64. The Morgan fingerprint density at radius 3 is 1.53 bits per heavy atom. The molecule has 9 aromatic rings. The van der Waals surface area contributed by atoms with Crippen molar-refractivity contribution in [2.24, 2.45) is 0 Å². The van der Waals surface area contributed by atoms with E-state index in [9.17, 15) is 0 Å². The molecule has 0 saturated heterocycles. The summed E-state index contributed by atoms with van der Waals surface area (Å²) < 4.78 is 0. The minimum atomic E-state index is -0.000781. The third kappa shape index (κ3) is 3.88. The first kappa shape index (κ1) is 26.5. The van der Waals surface area contributed by atoms with Crippen LogP contribution >= 0.6 is 0 Å². The van der Waals surface area contributed by atoms with Crippen LogP contribution in [0.25, 0.3) is 87.2 Å². The number of hydrogen-bond donors (Lipinski definition) is 0. The molecule has 1 aliphatic rings. The van der Waals surface area contributed by atoms with Crippen LogP contribution < -0.4 is 0 Å². The van der Waals surface area contributed by atoms with Crippen LogP contribution in [0, 0.1) is 0 Å². The molecule has 0 nitrogen and oxygen atoms in total. The van der Waals surface area contributed by atoms with E-state index in [1.807, 2.05) is 0 Å². The van der Waals surface area contributed by atoms with E-state index < -0.39 is 0 Å². The third-order valence-electron chi connectivity index (χ3n) is 10.8. The zero-order valence-corrected chi connectivity index (χ0v) is 26.5. The van der Waals surface area contributed by atoms with Gasteiger partial charge >= 0.3 is 0 Å². The van der Waals surface area contributed by atoms with Crippen molar-refractivity contribution >= 4 is 53.9 Å². The Kier molecular flexibility index (Phi) is 5.44. The zero-order valence-electron chi connectivity index (χ0n) is 26.5. The minimum absolute atomic E-state index is 0.000781. The van der Waals surface area contributed by atoms with Crippen molar-refractivity contribution < 1.29 is 0 Å². The summed E-state index contributed by atoms with van der Waals surface area (Å²) in [5, 5.41) is 12.9. The van der Waals surface area contributed by atoms with Gasteiger partial charge in [0.25, 0.3) is 0 Å². The molecular weight excluding hydrogens is 565 g/mol. The number of benzene rings is 9. The third-order valence-corrected chi connectivity index (χ3v) is 10.8. The quantitative estimate of drug-likeness (QED) is 0.174.